The molecule has 3 aliphatic rings. The molecule has 1 aromatic carbocycles. The van der Waals surface area contributed by atoms with Crippen LogP contribution in [0.25, 0.3) is 0 Å². The first-order valence-electron chi connectivity index (χ1n) is 11.0. The molecule has 0 bridgehead atoms. The van der Waals surface area contributed by atoms with Crippen LogP contribution in [0.15, 0.2) is 30.3 Å². The van der Waals surface area contributed by atoms with Crippen LogP contribution in [-0.2, 0) is 16.1 Å². The van der Waals surface area contributed by atoms with Crippen LogP contribution in [0.5, 0.6) is 0 Å². The molecule has 2 aliphatic heterocycles. The first-order valence-corrected chi connectivity index (χ1v) is 11.0. The lowest BCUT2D eigenvalue weighted by molar-refractivity contribution is -0.134. The Bertz CT molecular complexity index is 666. The van der Waals surface area contributed by atoms with Gasteiger partial charge in [0.15, 0.2) is 0 Å². The highest BCUT2D eigenvalue weighted by molar-refractivity contribution is 5.81. The van der Waals surface area contributed by atoms with E-state index in [0.29, 0.717) is 30.1 Å². The average molecular weight is 384 g/mol. The molecule has 1 unspecified atom stereocenters. The van der Waals surface area contributed by atoms with Crippen molar-refractivity contribution >= 4 is 11.8 Å². The van der Waals surface area contributed by atoms with Gasteiger partial charge in [0.05, 0.1) is 0 Å². The standard InChI is InChI=1S/C23H33N3O2/c27-22(11-8-20-7-4-12-26(18-20)23(28)21-9-10-21)25-15-13-24(14-16-25)17-19-5-2-1-3-6-19/h1-3,5-6,20-21H,4,7-18H2. The molecule has 1 aromatic rings. The van der Waals surface area contributed by atoms with E-state index in [9.17, 15) is 9.59 Å². The molecule has 0 radical (unpaired) electrons. The summed E-state index contributed by atoms with van der Waals surface area (Å²) in [6.45, 7) is 6.33. The molecule has 1 saturated carbocycles. The summed E-state index contributed by atoms with van der Waals surface area (Å²) in [6, 6.07) is 10.5. The van der Waals surface area contributed by atoms with E-state index in [2.05, 4.69) is 34.1 Å². The first-order chi connectivity index (χ1) is 13.7. The number of carbonyl (C=O) groups is 2. The highest BCUT2D eigenvalue weighted by Gasteiger charge is 2.35. The summed E-state index contributed by atoms with van der Waals surface area (Å²) in [5.74, 6) is 1.47. The number of piperazine rings is 1. The fourth-order valence-corrected chi connectivity index (χ4v) is 4.57. The van der Waals surface area contributed by atoms with Crippen molar-refractivity contribution in [3.05, 3.63) is 35.9 Å². The van der Waals surface area contributed by atoms with E-state index in [1.54, 1.807) is 0 Å². The van der Waals surface area contributed by atoms with Gasteiger partial charge in [-0.05, 0) is 43.6 Å². The third kappa shape index (κ3) is 5.13. The summed E-state index contributed by atoms with van der Waals surface area (Å²) < 4.78 is 0. The zero-order chi connectivity index (χ0) is 19.3. The van der Waals surface area contributed by atoms with Gasteiger partial charge in [0.25, 0.3) is 0 Å². The fourth-order valence-electron chi connectivity index (χ4n) is 4.57. The van der Waals surface area contributed by atoms with E-state index in [1.165, 1.54) is 5.56 Å². The van der Waals surface area contributed by atoms with E-state index in [0.717, 1.165) is 77.9 Å². The van der Waals surface area contributed by atoms with Crippen LogP contribution in [0.4, 0.5) is 0 Å². The van der Waals surface area contributed by atoms with Gasteiger partial charge in [-0.1, -0.05) is 30.3 Å². The average Bonchev–Trinajstić information content (AvgIpc) is 3.58. The minimum absolute atomic E-state index is 0.296. The van der Waals surface area contributed by atoms with E-state index in [1.807, 2.05) is 11.0 Å². The van der Waals surface area contributed by atoms with Crippen molar-refractivity contribution in [3.8, 4) is 0 Å². The van der Waals surface area contributed by atoms with Gasteiger partial charge in [0.1, 0.15) is 0 Å². The molecule has 2 heterocycles. The number of amides is 2. The van der Waals surface area contributed by atoms with Crippen molar-refractivity contribution in [1.29, 1.82) is 0 Å². The number of carbonyl (C=O) groups excluding carboxylic acids is 2. The van der Waals surface area contributed by atoms with Crippen molar-refractivity contribution in [2.45, 2.75) is 45.1 Å². The summed E-state index contributed by atoms with van der Waals surface area (Å²) in [5.41, 5.74) is 1.34. The van der Waals surface area contributed by atoms with Crippen molar-refractivity contribution < 1.29 is 9.59 Å². The van der Waals surface area contributed by atoms with E-state index in [-0.39, 0.29) is 0 Å². The second-order valence-electron chi connectivity index (χ2n) is 8.75. The van der Waals surface area contributed by atoms with Crippen LogP contribution in [-0.4, -0.2) is 65.8 Å². The molecule has 4 rings (SSSR count). The lowest BCUT2D eigenvalue weighted by Crippen LogP contribution is -2.48. The quantitative estimate of drug-likeness (QED) is 0.759. The molecule has 0 aromatic heterocycles. The normalized spacial score (nSPS) is 23.6. The van der Waals surface area contributed by atoms with E-state index >= 15 is 0 Å². The first kappa shape index (κ1) is 19.4. The third-order valence-corrected chi connectivity index (χ3v) is 6.50. The molecular formula is C23H33N3O2. The molecule has 152 valence electrons. The van der Waals surface area contributed by atoms with Crippen LogP contribution in [0.2, 0.25) is 0 Å². The molecule has 28 heavy (non-hydrogen) atoms. The minimum atomic E-state index is 0.296. The molecule has 1 atom stereocenters. The molecule has 0 N–H and O–H groups in total. The van der Waals surface area contributed by atoms with Gasteiger partial charge >= 0.3 is 0 Å². The zero-order valence-corrected chi connectivity index (χ0v) is 16.9. The maximum absolute atomic E-state index is 12.7. The number of piperidine rings is 1. The molecule has 5 nitrogen and oxygen atoms in total. The second kappa shape index (κ2) is 9.08. The molecule has 2 saturated heterocycles. The fraction of sp³-hybridized carbons (Fsp3) is 0.652. The summed E-state index contributed by atoms with van der Waals surface area (Å²) in [4.78, 5) is 31.5. The van der Waals surface area contributed by atoms with Gasteiger partial charge in [0, 0.05) is 58.2 Å². The van der Waals surface area contributed by atoms with Crippen LogP contribution < -0.4 is 0 Å². The number of hydrogen-bond donors (Lipinski definition) is 0. The number of benzene rings is 1. The lowest BCUT2D eigenvalue weighted by atomic mass is 9.93. The molecule has 5 heteroatoms. The van der Waals surface area contributed by atoms with Crippen LogP contribution >= 0.6 is 0 Å². The van der Waals surface area contributed by atoms with Crippen LogP contribution in [0.3, 0.4) is 0 Å². The maximum Gasteiger partial charge on any atom is 0.225 e. The predicted molar refractivity (Wildman–Crippen MR) is 110 cm³/mol. The Hall–Kier alpha value is -1.88. The number of hydrogen-bond acceptors (Lipinski definition) is 3. The predicted octanol–water partition coefficient (Wildman–Crippen LogP) is 2.76. The van der Waals surface area contributed by atoms with Gasteiger partial charge in [-0.3, -0.25) is 14.5 Å². The monoisotopic (exact) mass is 383 g/mol. The molecule has 0 spiro atoms. The van der Waals surface area contributed by atoms with Gasteiger partial charge < -0.3 is 9.80 Å². The van der Waals surface area contributed by atoms with Crippen molar-refractivity contribution in [1.82, 2.24) is 14.7 Å². The Morgan fingerprint density at radius 3 is 2.36 bits per heavy atom. The van der Waals surface area contributed by atoms with Gasteiger partial charge in [-0.25, -0.2) is 0 Å². The maximum atomic E-state index is 12.7. The summed E-state index contributed by atoms with van der Waals surface area (Å²) in [7, 11) is 0. The van der Waals surface area contributed by atoms with E-state index in [4.69, 9.17) is 0 Å². The Morgan fingerprint density at radius 2 is 1.64 bits per heavy atom. The van der Waals surface area contributed by atoms with Crippen molar-refractivity contribution in [3.63, 3.8) is 0 Å². The van der Waals surface area contributed by atoms with Gasteiger partial charge in [-0.2, -0.15) is 0 Å². The van der Waals surface area contributed by atoms with Crippen molar-refractivity contribution in [2.24, 2.45) is 11.8 Å². The Balaban J connectivity index is 1.17. The Labute approximate surface area is 168 Å². The van der Waals surface area contributed by atoms with Crippen LogP contribution in [0, 0.1) is 11.8 Å². The van der Waals surface area contributed by atoms with E-state index < -0.39 is 0 Å². The summed E-state index contributed by atoms with van der Waals surface area (Å²) in [6.07, 6.45) is 5.97. The SMILES string of the molecule is O=C(CCC1CCCN(C(=O)C2CC2)C1)N1CCN(Cc2ccccc2)CC1. The van der Waals surface area contributed by atoms with Crippen molar-refractivity contribution in [2.75, 3.05) is 39.3 Å². The molecule has 2 amide bonds. The lowest BCUT2D eigenvalue weighted by Gasteiger charge is -2.36. The smallest absolute Gasteiger partial charge is 0.225 e. The molecular weight excluding hydrogens is 350 g/mol. The Morgan fingerprint density at radius 1 is 0.893 bits per heavy atom. The molecule has 3 fully saturated rings. The Kier molecular flexibility index (Phi) is 6.30. The number of likely N-dealkylation sites (tertiary alicyclic amines) is 1. The number of nitrogens with zero attached hydrogens (tertiary/aromatic N) is 3. The van der Waals surface area contributed by atoms with Gasteiger partial charge in [0.2, 0.25) is 11.8 Å². The highest BCUT2D eigenvalue weighted by Crippen LogP contribution is 2.33. The second-order valence-corrected chi connectivity index (χ2v) is 8.75. The summed E-state index contributed by atoms with van der Waals surface area (Å²) in [5, 5.41) is 0. The number of rotatable bonds is 6. The minimum Gasteiger partial charge on any atom is -0.342 e. The summed E-state index contributed by atoms with van der Waals surface area (Å²) >= 11 is 0. The molecule has 1 aliphatic carbocycles. The zero-order valence-electron chi connectivity index (χ0n) is 16.9. The highest BCUT2D eigenvalue weighted by atomic mass is 16.2. The largest absolute Gasteiger partial charge is 0.342 e. The topological polar surface area (TPSA) is 43.9 Å². The third-order valence-electron chi connectivity index (χ3n) is 6.50. The van der Waals surface area contributed by atoms with Gasteiger partial charge in [-0.15, -0.1) is 0 Å². The van der Waals surface area contributed by atoms with Crippen LogP contribution in [0.1, 0.15) is 44.1 Å².